The molecule has 0 aliphatic heterocycles. The molecule has 0 radical (unpaired) electrons. The Labute approximate surface area is 129 Å². The summed E-state index contributed by atoms with van der Waals surface area (Å²) in [6, 6.07) is 9.50. The Morgan fingerprint density at radius 2 is 2.05 bits per heavy atom. The van der Waals surface area contributed by atoms with Gasteiger partial charge < -0.3 is 11.1 Å². The van der Waals surface area contributed by atoms with Gasteiger partial charge in [-0.3, -0.25) is 4.79 Å². The average molecular weight is 301 g/mol. The number of hydrogen-bond acceptors (Lipinski definition) is 4. The first-order valence-corrected chi connectivity index (χ1v) is 7.67. The van der Waals surface area contributed by atoms with Crippen molar-refractivity contribution >= 4 is 29.0 Å². The van der Waals surface area contributed by atoms with Crippen LogP contribution in [0.1, 0.15) is 16.8 Å². The quantitative estimate of drug-likeness (QED) is 0.671. The predicted molar refractivity (Wildman–Crippen MR) is 88.7 cm³/mol. The maximum atomic E-state index is 12.0. The highest BCUT2D eigenvalue weighted by atomic mass is 32.2. The van der Waals surface area contributed by atoms with Gasteiger partial charge in [0.25, 0.3) is 0 Å². The van der Waals surface area contributed by atoms with Gasteiger partial charge in [-0.2, -0.15) is 0 Å². The van der Waals surface area contributed by atoms with Crippen LogP contribution in [0, 0.1) is 20.8 Å². The number of pyridine rings is 1. The van der Waals surface area contributed by atoms with Crippen LogP contribution in [-0.4, -0.2) is 16.6 Å². The third kappa shape index (κ3) is 4.23. The average Bonchev–Trinajstić information content (AvgIpc) is 2.41. The molecule has 110 valence electrons. The molecule has 2 aromatic rings. The molecule has 21 heavy (non-hydrogen) atoms. The third-order valence-electron chi connectivity index (χ3n) is 3.08. The van der Waals surface area contributed by atoms with E-state index in [9.17, 15) is 4.79 Å². The molecule has 4 nitrogen and oxygen atoms in total. The topological polar surface area (TPSA) is 68.0 Å². The molecule has 1 amide bonds. The van der Waals surface area contributed by atoms with Gasteiger partial charge in [0.05, 0.1) is 10.8 Å². The second kappa shape index (κ2) is 6.63. The fourth-order valence-corrected chi connectivity index (χ4v) is 2.82. The number of carbonyl (C=O) groups is 1. The SMILES string of the molecule is Cc1cc(C)nc(SCC(=O)Nc2cccc(N)c2C)c1. The van der Waals surface area contributed by atoms with E-state index in [0.29, 0.717) is 11.4 Å². The molecule has 0 spiro atoms. The number of benzene rings is 1. The van der Waals surface area contributed by atoms with Crippen molar-refractivity contribution in [2.75, 3.05) is 16.8 Å². The summed E-state index contributed by atoms with van der Waals surface area (Å²) in [6.45, 7) is 5.87. The Balaban J connectivity index is 1.97. The second-order valence-electron chi connectivity index (χ2n) is 4.98. The lowest BCUT2D eigenvalue weighted by Crippen LogP contribution is -2.15. The van der Waals surface area contributed by atoms with Gasteiger partial charge in [-0.25, -0.2) is 4.98 Å². The smallest absolute Gasteiger partial charge is 0.234 e. The monoisotopic (exact) mass is 301 g/mol. The van der Waals surface area contributed by atoms with Gasteiger partial charge in [0, 0.05) is 17.1 Å². The van der Waals surface area contributed by atoms with E-state index < -0.39 is 0 Å². The van der Waals surface area contributed by atoms with Gasteiger partial charge in [-0.1, -0.05) is 17.8 Å². The Morgan fingerprint density at radius 3 is 2.76 bits per heavy atom. The van der Waals surface area contributed by atoms with E-state index in [-0.39, 0.29) is 5.91 Å². The minimum Gasteiger partial charge on any atom is -0.398 e. The number of thioether (sulfide) groups is 1. The van der Waals surface area contributed by atoms with Crippen molar-refractivity contribution in [1.82, 2.24) is 4.98 Å². The zero-order valence-electron chi connectivity index (χ0n) is 12.4. The van der Waals surface area contributed by atoms with Crippen LogP contribution in [0.3, 0.4) is 0 Å². The van der Waals surface area contributed by atoms with Crippen molar-refractivity contribution in [2.24, 2.45) is 0 Å². The van der Waals surface area contributed by atoms with Crippen molar-refractivity contribution < 1.29 is 4.79 Å². The highest BCUT2D eigenvalue weighted by Gasteiger charge is 2.08. The maximum absolute atomic E-state index is 12.0. The van der Waals surface area contributed by atoms with Crippen LogP contribution in [0.25, 0.3) is 0 Å². The maximum Gasteiger partial charge on any atom is 0.234 e. The lowest BCUT2D eigenvalue weighted by Gasteiger charge is -2.10. The first kappa shape index (κ1) is 15.4. The van der Waals surface area contributed by atoms with Gasteiger partial charge in [-0.15, -0.1) is 0 Å². The zero-order valence-corrected chi connectivity index (χ0v) is 13.3. The van der Waals surface area contributed by atoms with Crippen molar-refractivity contribution in [3.8, 4) is 0 Å². The first-order chi connectivity index (χ1) is 9.95. The Morgan fingerprint density at radius 1 is 1.29 bits per heavy atom. The number of carbonyl (C=O) groups excluding carboxylic acids is 1. The van der Waals surface area contributed by atoms with Gasteiger partial charge >= 0.3 is 0 Å². The van der Waals surface area contributed by atoms with E-state index in [4.69, 9.17) is 5.73 Å². The number of aromatic nitrogens is 1. The molecule has 1 heterocycles. The highest BCUT2D eigenvalue weighted by Crippen LogP contribution is 2.22. The Bertz CT molecular complexity index is 650. The molecule has 5 heteroatoms. The molecule has 0 unspecified atom stereocenters. The summed E-state index contributed by atoms with van der Waals surface area (Å²) in [6.07, 6.45) is 0. The summed E-state index contributed by atoms with van der Waals surface area (Å²) in [5.74, 6) is 0.263. The highest BCUT2D eigenvalue weighted by molar-refractivity contribution is 7.99. The molecular formula is C16H19N3OS. The van der Waals surface area contributed by atoms with Gasteiger partial charge in [0.2, 0.25) is 5.91 Å². The van der Waals surface area contributed by atoms with E-state index in [1.807, 2.05) is 51.1 Å². The van der Waals surface area contributed by atoms with Crippen LogP contribution in [0.15, 0.2) is 35.4 Å². The molecule has 0 atom stereocenters. The lowest BCUT2D eigenvalue weighted by atomic mass is 10.1. The number of amides is 1. The van der Waals surface area contributed by atoms with Gasteiger partial charge in [-0.05, 0) is 56.2 Å². The molecule has 1 aromatic carbocycles. The van der Waals surface area contributed by atoms with E-state index >= 15 is 0 Å². The van der Waals surface area contributed by atoms with Gasteiger partial charge in [0.15, 0.2) is 0 Å². The molecular weight excluding hydrogens is 282 g/mol. The number of hydrogen-bond donors (Lipinski definition) is 2. The molecule has 1 aromatic heterocycles. The number of nitrogens with two attached hydrogens (primary N) is 1. The Hall–Kier alpha value is -2.01. The van der Waals surface area contributed by atoms with Crippen molar-refractivity contribution in [1.29, 1.82) is 0 Å². The number of nitrogens with one attached hydrogen (secondary N) is 1. The zero-order chi connectivity index (χ0) is 15.4. The fourth-order valence-electron chi connectivity index (χ4n) is 1.99. The minimum absolute atomic E-state index is 0.0605. The fraction of sp³-hybridized carbons (Fsp3) is 0.250. The lowest BCUT2D eigenvalue weighted by molar-refractivity contribution is -0.113. The van der Waals surface area contributed by atoms with Crippen LogP contribution in [-0.2, 0) is 4.79 Å². The molecule has 0 fully saturated rings. The predicted octanol–water partition coefficient (Wildman–Crippen LogP) is 3.32. The summed E-state index contributed by atoms with van der Waals surface area (Å²) in [5.41, 5.74) is 10.3. The summed E-state index contributed by atoms with van der Waals surface area (Å²) >= 11 is 1.43. The number of nitrogens with zero attached hydrogens (tertiary/aromatic N) is 1. The largest absolute Gasteiger partial charge is 0.398 e. The number of aryl methyl sites for hydroxylation is 2. The third-order valence-corrected chi connectivity index (χ3v) is 3.99. The molecule has 0 bridgehead atoms. The van der Waals surface area contributed by atoms with E-state index in [1.165, 1.54) is 11.8 Å². The van der Waals surface area contributed by atoms with Crippen LogP contribution in [0.4, 0.5) is 11.4 Å². The van der Waals surface area contributed by atoms with Crippen molar-refractivity contribution in [3.05, 3.63) is 47.2 Å². The Kier molecular flexibility index (Phi) is 4.85. The second-order valence-corrected chi connectivity index (χ2v) is 5.98. The van der Waals surface area contributed by atoms with Gasteiger partial charge in [0.1, 0.15) is 0 Å². The summed E-state index contributed by atoms with van der Waals surface area (Å²) in [4.78, 5) is 16.4. The van der Waals surface area contributed by atoms with Crippen molar-refractivity contribution in [2.45, 2.75) is 25.8 Å². The van der Waals surface area contributed by atoms with Crippen LogP contribution < -0.4 is 11.1 Å². The van der Waals surface area contributed by atoms with E-state index in [1.54, 1.807) is 0 Å². The molecule has 0 aliphatic rings. The van der Waals surface area contributed by atoms with Crippen molar-refractivity contribution in [3.63, 3.8) is 0 Å². The molecule has 3 N–H and O–H groups in total. The minimum atomic E-state index is -0.0605. The molecule has 2 rings (SSSR count). The summed E-state index contributed by atoms with van der Waals surface area (Å²) in [5, 5.41) is 3.75. The van der Waals surface area contributed by atoms with E-state index in [2.05, 4.69) is 10.3 Å². The molecule has 0 saturated heterocycles. The molecule has 0 aliphatic carbocycles. The van der Waals surface area contributed by atoms with Crippen LogP contribution >= 0.6 is 11.8 Å². The number of rotatable bonds is 4. The van der Waals surface area contributed by atoms with E-state index in [0.717, 1.165) is 27.5 Å². The van der Waals surface area contributed by atoms with Crippen LogP contribution in [0.5, 0.6) is 0 Å². The summed E-state index contributed by atoms with van der Waals surface area (Å²) in [7, 11) is 0. The number of anilines is 2. The van der Waals surface area contributed by atoms with Crippen LogP contribution in [0.2, 0.25) is 0 Å². The normalized spacial score (nSPS) is 10.4. The number of nitrogen functional groups attached to an aromatic ring is 1. The molecule has 0 saturated carbocycles. The summed E-state index contributed by atoms with van der Waals surface area (Å²) < 4.78 is 0. The first-order valence-electron chi connectivity index (χ1n) is 6.69. The standard InChI is InChI=1S/C16H19N3OS/c1-10-7-11(2)18-16(8-10)21-9-15(20)19-14-6-4-5-13(17)12(14)3/h4-8H,9,17H2,1-3H3,(H,19,20).